The molecule has 4 aromatic carbocycles. The van der Waals surface area contributed by atoms with Crippen molar-refractivity contribution in [3.05, 3.63) is 124 Å². The fourth-order valence-corrected chi connectivity index (χ4v) is 4.67. The molecule has 0 aliphatic heterocycles. The summed E-state index contributed by atoms with van der Waals surface area (Å²) in [6, 6.07) is 29.4. The van der Waals surface area contributed by atoms with Gasteiger partial charge in [-0.3, -0.25) is 9.59 Å². The lowest BCUT2D eigenvalue weighted by molar-refractivity contribution is -0.115. The minimum Gasteiger partial charge on any atom is -0.325 e. The Morgan fingerprint density at radius 2 is 1.40 bits per heavy atom. The second-order valence-electron chi connectivity index (χ2n) is 7.87. The Kier molecular flexibility index (Phi) is 8.13. The van der Waals surface area contributed by atoms with Gasteiger partial charge in [-0.05, 0) is 67.1 Å². The summed E-state index contributed by atoms with van der Waals surface area (Å²) < 4.78 is 0. The van der Waals surface area contributed by atoms with Crippen LogP contribution >= 0.6 is 35.0 Å². The molecule has 0 saturated heterocycles. The van der Waals surface area contributed by atoms with Crippen LogP contribution in [0.5, 0.6) is 0 Å². The fraction of sp³-hybridized carbons (Fsp3) is 0.0714. The van der Waals surface area contributed by atoms with E-state index in [-0.39, 0.29) is 11.8 Å². The summed E-state index contributed by atoms with van der Waals surface area (Å²) in [5.41, 5.74) is 3.81. The Bertz CT molecular complexity index is 1330. The van der Waals surface area contributed by atoms with Crippen molar-refractivity contribution in [2.24, 2.45) is 0 Å². The van der Waals surface area contributed by atoms with E-state index in [1.807, 2.05) is 73.7 Å². The van der Waals surface area contributed by atoms with Crippen molar-refractivity contribution in [1.29, 1.82) is 0 Å². The van der Waals surface area contributed by atoms with E-state index in [0.29, 0.717) is 27.0 Å². The van der Waals surface area contributed by atoms with Gasteiger partial charge in [-0.25, -0.2) is 0 Å². The summed E-state index contributed by atoms with van der Waals surface area (Å²) in [7, 11) is 0. The average molecular weight is 521 g/mol. The molecule has 0 aliphatic rings. The van der Waals surface area contributed by atoms with Crippen LogP contribution in [-0.2, 0) is 4.79 Å². The molecule has 7 heteroatoms. The predicted molar refractivity (Wildman–Crippen MR) is 146 cm³/mol. The SMILES string of the molecule is Cc1ccc(C(=O)Nc2ccc(SC(C(=O)Nc3ccc(Cl)c(Cl)c3)c3ccccc3)cc2)cc1. The number of carbonyl (C=O) groups excluding carboxylic acids is 2. The van der Waals surface area contributed by atoms with E-state index in [9.17, 15) is 9.59 Å². The summed E-state index contributed by atoms with van der Waals surface area (Å²) >= 11 is 13.5. The van der Waals surface area contributed by atoms with Gasteiger partial charge < -0.3 is 10.6 Å². The number of anilines is 2. The molecule has 4 aromatic rings. The summed E-state index contributed by atoms with van der Waals surface area (Å²) in [6.07, 6.45) is 0. The maximum atomic E-state index is 13.2. The molecule has 0 bridgehead atoms. The lowest BCUT2D eigenvalue weighted by atomic mass is 10.1. The van der Waals surface area contributed by atoms with Crippen molar-refractivity contribution in [3.8, 4) is 0 Å². The van der Waals surface area contributed by atoms with Crippen LogP contribution in [0.1, 0.15) is 26.7 Å². The molecule has 2 N–H and O–H groups in total. The predicted octanol–water partition coefficient (Wildman–Crippen LogP) is 8.03. The minimum atomic E-state index is -0.501. The monoisotopic (exact) mass is 520 g/mol. The zero-order valence-corrected chi connectivity index (χ0v) is 21.1. The first kappa shape index (κ1) is 24.9. The second-order valence-corrected chi connectivity index (χ2v) is 9.86. The highest BCUT2D eigenvalue weighted by molar-refractivity contribution is 8.00. The number of nitrogens with one attached hydrogen (secondary N) is 2. The molecular weight excluding hydrogens is 499 g/mol. The van der Waals surface area contributed by atoms with Gasteiger partial charge >= 0.3 is 0 Å². The fourth-order valence-electron chi connectivity index (χ4n) is 3.34. The van der Waals surface area contributed by atoms with Gasteiger partial charge in [0.05, 0.1) is 10.0 Å². The third kappa shape index (κ3) is 6.67. The molecule has 4 rings (SSSR count). The number of amides is 2. The van der Waals surface area contributed by atoms with E-state index in [0.717, 1.165) is 16.0 Å². The quantitative estimate of drug-likeness (QED) is 0.242. The van der Waals surface area contributed by atoms with Gasteiger partial charge in [0, 0.05) is 21.8 Å². The van der Waals surface area contributed by atoms with Crippen LogP contribution in [-0.4, -0.2) is 11.8 Å². The highest BCUT2D eigenvalue weighted by Crippen LogP contribution is 2.37. The van der Waals surface area contributed by atoms with Gasteiger partial charge in [-0.2, -0.15) is 0 Å². The molecule has 176 valence electrons. The molecule has 0 aromatic heterocycles. The van der Waals surface area contributed by atoms with Gasteiger partial charge in [-0.1, -0.05) is 71.2 Å². The number of thioether (sulfide) groups is 1. The van der Waals surface area contributed by atoms with Crippen LogP contribution in [0.3, 0.4) is 0 Å². The zero-order chi connectivity index (χ0) is 24.8. The topological polar surface area (TPSA) is 58.2 Å². The van der Waals surface area contributed by atoms with Crippen molar-refractivity contribution < 1.29 is 9.59 Å². The molecule has 35 heavy (non-hydrogen) atoms. The number of halogens is 2. The standard InChI is InChI=1S/C28H22Cl2N2O2S/c1-18-7-9-20(10-8-18)27(33)31-21-11-14-23(15-12-21)35-26(19-5-3-2-4-6-19)28(34)32-22-13-16-24(29)25(30)17-22/h2-17,26H,1H3,(H,31,33)(H,32,34). The van der Waals surface area contributed by atoms with E-state index in [4.69, 9.17) is 23.2 Å². The summed E-state index contributed by atoms with van der Waals surface area (Å²) in [5.74, 6) is -0.357. The van der Waals surface area contributed by atoms with Gasteiger partial charge in [-0.15, -0.1) is 11.8 Å². The summed E-state index contributed by atoms with van der Waals surface area (Å²) in [5, 5.41) is 6.13. The first-order valence-electron chi connectivity index (χ1n) is 10.8. The van der Waals surface area contributed by atoms with Crippen LogP contribution < -0.4 is 10.6 Å². The summed E-state index contributed by atoms with van der Waals surface area (Å²) in [6.45, 7) is 1.98. The molecule has 0 aliphatic carbocycles. The van der Waals surface area contributed by atoms with E-state index in [1.165, 1.54) is 11.8 Å². The normalized spacial score (nSPS) is 11.5. The largest absolute Gasteiger partial charge is 0.325 e. The number of hydrogen-bond donors (Lipinski definition) is 2. The van der Waals surface area contributed by atoms with Gasteiger partial charge in [0.15, 0.2) is 0 Å². The van der Waals surface area contributed by atoms with Crippen molar-refractivity contribution in [3.63, 3.8) is 0 Å². The van der Waals surface area contributed by atoms with Crippen LogP contribution in [0.2, 0.25) is 10.0 Å². The maximum absolute atomic E-state index is 13.2. The number of benzene rings is 4. The Balaban J connectivity index is 1.48. The Hall–Kier alpha value is -3.25. The third-order valence-electron chi connectivity index (χ3n) is 5.21. The molecule has 0 spiro atoms. The van der Waals surface area contributed by atoms with Crippen molar-refractivity contribution in [1.82, 2.24) is 0 Å². The molecule has 0 radical (unpaired) electrons. The van der Waals surface area contributed by atoms with E-state index < -0.39 is 5.25 Å². The molecule has 0 saturated carbocycles. The minimum absolute atomic E-state index is 0.173. The highest BCUT2D eigenvalue weighted by Gasteiger charge is 2.22. The van der Waals surface area contributed by atoms with Crippen LogP contribution in [0.4, 0.5) is 11.4 Å². The van der Waals surface area contributed by atoms with Crippen LogP contribution in [0.25, 0.3) is 0 Å². The number of aryl methyl sites for hydroxylation is 1. The number of carbonyl (C=O) groups is 2. The molecule has 2 amide bonds. The molecule has 0 fully saturated rings. The van der Waals surface area contributed by atoms with E-state index in [1.54, 1.807) is 30.3 Å². The first-order valence-corrected chi connectivity index (χ1v) is 12.5. The van der Waals surface area contributed by atoms with Crippen LogP contribution in [0, 0.1) is 6.92 Å². The van der Waals surface area contributed by atoms with Gasteiger partial charge in [0.25, 0.3) is 5.91 Å². The lowest BCUT2D eigenvalue weighted by Crippen LogP contribution is -2.19. The van der Waals surface area contributed by atoms with Crippen LogP contribution in [0.15, 0.2) is 102 Å². The number of hydrogen-bond acceptors (Lipinski definition) is 3. The molecular formula is C28H22Cl2N2O2S. The lowest BCUT2D eigenvalue weighted by Gasteiger charge is -2.18. The number of rotatable bonds is 7. The van der Waals surface area contributed by atoms with Gasteiger partial charge in [0.2, 0.25) is 5.91 Å². The van der Waals surface area contributed by atoms with E-state index in [2.05, 4.69) is 10.6 Å². The highest BCUT2D eigenvalue weighted by atomic mass is 35.5. The van der Waals surface area contributed by atoms with Crippen molar-refractivity contribution in [2.75, 3.05) is 10.6 Å². The van der Waals surface area contributed by atoms with E-state index >= 15 is 0 Å². The second kappa shape index (κ2) is 11.5. The smallest absolute Gasteiger partial charge is 0.255 e. The summed E-state index contributed by atoms with van der Waals surface area (Å²) in [4.78, 5) is 26.6. The zero-order valence-electron chi connectivity index (χ0n) is 18.8. The van der Waals surface area contributed by atoms with Crippen molar-refractivity contribution >= 4 is 58.2 Å². The third-order valence-corrected chi connectivity index (χ3v) is 7.21. The Morgan fingerprint density at radius 3 is 2.06 bits per heavy atom. The van der Waals surface area contributed by atoms with Crippen molar-refractivity contribution in [2.45, 2.75) is 17.1 Å². The molecule has 4 nitrogen and oxygen atoms in total. The Labute approximate surface area is 218 Å². The molecule has 0 heterocycles. The average Bonchev–Trinajstić information content (AvgIpc) is 2.86. The maximum Gasteiger partial charge on any atom is 0.255 e. The first-order chi connectivity index (χ1) is 16.9. The molecule has 1 atom stereocenters. The Morgan fingerprint density at radius 1 is 0.743 bits per heavy atom. The molecule has 1 unspecified atom stereocenters. The van der Waals surface area contributed by atoms with Gasteiger partial charge in [0.1, 0.15) is 5.25 Å².